The molecule has 0 aromatic heterocycles. The van der Waals surface area contributed by atoms with Crippen molar-refractivity contribution in [2.24, 2.45) is 0 Å². The second kappa shape index (κ2) is 8.02. The highest BCUT2D eigenvalue weighted by atomic mass is 32.2. The van der Waals surface area contributed by atoms with Crippen molar-refractivity contribution < 1.29 is 22.7 Å². The molecule has 7 heteroatoms. The van der Waals surface area contributed by atoms with E-state index in [0.717, 1.165) is 17.5 Å². The van der Waals surface area contributed by atoms with Crippen LogP contribution in [0.2, 0.25) is 0 Å². The van der Waals surface area contributed by atoms with Crippen LogP contribution in [0.1, 0.15) is 18.1 Å². The number of rotatable bonds is 7. The standard InChI is InChI=1S/C18H21NO5S/c1-4-14-7-5-6-13(2)18(14)19-25(21,22)16-10-8-15(9-11-16)24-12-17(20)23-3/h5-11,19H,4,12H2,1-3H3. The number of carbonyl (C=O) groups is 1. The van der Waals surface area contributed by atoms with Gasteiger partial charge < -0.3 is 9.47 Å². The molecule has 6 nitrogen and oxygen atoms in total. The molecule has 0 fully saturated rings. The van der Waals surface area contributed by atoms with E-state index in [1.54, 1.807) is 0 Å². The van der Waals surface area contributed by atoms with Crippen LogP contribution in [0, 0.1) is 6.92 Å². The maximum atomic E-state index is 12.6. The molecule has 2 rings (SSSR count). The summed E-state index contributed by atoms with van der Waals surface area (Å²) in [5, 5.41) is 0. The van der Waals surface area contributed by atoms with Crippen molar-refractivity contribution in [3.8, 4) is 5.75 Å². The number of ether oxygens (including phenoxy) is 2. The number of hydrogen-bond acceptors (Lipinski definition) is 5. The van der Waals surface area contributed by atoms with Crippen LogP contribution in [-0.4, -0.2) is 28.1 Å². The fraction of sp³-hybridized carbons (Fsp3) is 0.278. The van der Waals surface area contributed by atoms with Gasteiger partial charge in [0.05, 0.1) is 17.7 Å². The maximum Gasteiger partial charge on any atom is 0.343 e. The predicted molar refractivity (Wildman–Crippen MR) is 95.3 cm³/mol. The zero-order valence-electron chi connectivity index (χ0n) is 14.4. The molecule has 0 aliphatic heterocycles. The SMILES string of the molecule is CCc1cccc(C)c1NS(=O)(=O)c1ccc(OCC(=O)OC)cc1. The summed E-state index contributed by atoms with van der Waals surface area (Å²) in [7, 11) is -2.45. The summed E-state index contributed by atoms with van der Waals surface area (Å²) in [5.41, 5.74) is 2.40. The molecule has 0 aliphatic rings. The van der Waals surface area contributed by atoms with Gasteiger partial charge in [0, 0.05) is 0 Å². The van der Waals surface area contributed by atoms with Crippen LogP contribution >= 0.6 is 0 Å². The van der Waals surface area contributed by atoms with Crippen molar-refractivity contribution >= 4 is 21.7 Å². The monoisotopic (exact) mass is 363 g/mol. The smallest absolute Gasteiger partial charge is 0.343 e. The molecule has 0 heterocycles. The van der Waals surface area contributed by atoms with E-state index in [-0.39, 0.29) is 11.5 Å². The van der Waals surface area contributed by atoms with Crippen molar-refractivity contribution in [2.75, 3.05) is 18.4 Å². The number of esters is 1. The maximum absolute atomic E-state index is 12.6. The number of methoxy groups -OCH3 is 1. The molecule has 0 radical (unpaired) electrons. The highest BCUT2D eigenvalue weighted by molar-refractivity contribution is 7.92. The largest absolute Gasteiger partial charge is 0.482 e. The number of hydrogen-bond donors (Lipinski definition) is 1. The Hall–Kier alpha value is -2.54. The van der Waals surface area contributed by atoms with Gasteiger partial charge in [0.15, 0.2) is 6.61 Å². The van der Waals surface area contributed by atoms with E-state index >= 15 is 0 Å². The molecule has 0 bridgehead atoms. The minimum Gasteiger partial charge on any atom is -0.482 e. The van der Waals surface area contributed by atoms with Crippen LogP contribution in [0.3, 0.4) is 0 Å². The Morgan fingerprint density at radius 2 is 1.80 bits per heavy atom. The minimum atomic E-state index is -3.72. The number of aryl methyl sites for hydroxylation is 2. The topological polar surface area (TPSA) is 81.7 Å². The molecule has 25 heavy (non-hydrogen) atoms. The van der Waals surface area contributed by atoms with Gasteiger partial charge in [0.2, 0.25) is 0 Å². The van der Waals surface area contributed by atoms with E-state index in [1.165, 1.54) is 31.4 Å². The Morgan fingerprint density at radius 1 is 1.12 bits per heavy atom. The third-order valence-electron chi connectivity index (χ3n) is 3.69. The lowest BCUT2D eigenvalue weighted by Crippen LogP contribution is -2.15. The summed E-state index contributed by atoms with van der Waals surface area (Å²) in [5.74, 6) is -0.125. The summed E-state index contributed by atoms with van der Waals surface area (Å²) in [6.45, 7) is 3.60. The molecule has 0 aliphatic carbocycles. The van der Waals surface area contributed by atoms with Crippen molar-refractivity contribution in [2.45, 2.75) is 25.2 Å². The van der Waals surface area contributed by atoms with Crippen molar-refractivity contribution in [3.05, 3.63) is 53.6 Å². The predicted octanol–water partition coefficient (Wildman–Crippen LogP) is 2.91. The van der Waals surface area contributed by atoms with Crippen LogP contribution in [0.4, 0.5) is 5.69 Å². The molecule has 0 spiro atoms. The van der Waals surface area contributed by atoms with Gasteiger partial charge in [0.25, 0.3) is 10.0 Å². The lowest BCUT2D eigenvalue weighted by Gasteiger charge is -2.14. The van der Waals surface area contributed by atoms with E-state index in [1.807, 2.05) is 32.0 Å². The molecule has 2 aromatic rings. The fourth-order valence-corrected chi connectivity index (χ4v) is 3.45. The van der Waals surface area contributed by atoms with Gasteiger partial charge in [-0.25, -0.2) is 13.2 Å². The fourth-order valence-electron chi connectivity index (χ4n) is 2.28. The molecular formula is C18H21NO5S. The zero-order chi connectivity index (χ0) is 18.4. The van der Waals surface area contributed by atoms with Gasteiger partial charge in [-0.15, -0.1) is 0 Å². The Balaban J connectivity index is 2.19. The number of nitrogens with one attached hydrogen (secondary N) is 1. The van der Waals surface area contributed by atoms with E-state index < -0.39 is 16.0 Å². The van der Waals surface area contributed by atoms with Gasteiger partial charge in [-0.1, -0.05) is 25.1 Å². The average Bonchev–Trinajstić information content (AvgIpc) is 2.61. The Morgan fingerprint density at radius 3 is 2.40 bits per heavy atom. The molecule has 2 aromatic carbocycles. The Kier molecular flexibility index (Phi) is 6.03. The van der Waals surface area contributed by atoms with Gasteiger partial charge in [-0.3, -0.25) is 4.72 Å². The third-order valence-corrected chi connectivity index (χ3v) is 5.06. The molecule has 0 atom stereocenters. The summed E-state index contributed by atoms with van der Waals surface area (Å²) in [4.78, 5) is 11.2. The van der Waals surface area contributed by atoms with Crippen LogP contribution < -0.4 is 9.46 Å². The van der Waals surface area contributed by atoms with Gasteiger partial charge in [-0.05, 0) is 48.7 Å². The molecular weight excluding hydrogens is 342 g/mol. The third kappa shape index (κ3) is 4.73. The zero-order valence-corrected chi connectivity index (χ0v) is 15.2. The number of anilines is 1. The highest BCUT2D eigenvalue weighted by Crippen LogP contribution is 2.25. The van der Waals surface area contributed by atoms with E-state index in [4.69, 9.17) is 4.74 Å². The van der Waals surface area contributed by atoms with Crippen LogP contribution in [-0.2, 0) is 26.0 Å². The lowest BCUT2D eigenvalue weighted by molar-refractivity contribution is -0.142. The van der Waals surface area contributed by atoms with E-state index in [2.05, 4.69) is 9.46 Å². The first-order chi connectivity index (χ1) is 11.9. The summed E-state index contributed by atoms with van der Waals surface area (Å²) >= 11 is 0. The van der Waals surface area contributed by atoms with Crippen LogP contribution in [0.25, 0.3) is 0 Å². The van der Waals surface area contributed by atoms with Crippen LogP contribution in [0.5, 0.6) is 5.75 Å². The molecule has 1 N–H and O–H groups in total. The first-order valence-corrected chi connectivity index (χ1v) is 9.26. The van der Waals surface area contributed by atoms with Crippen molar-refractivity contribution in [1.82, 2.24) is 0 Å². The molecule has 0 unspecified atom stereocenters. The van der Waals surface area contributed by atoms with Crippen molar-refractivity contribution in [3.63, 3.8) is 0 Å². The highest BCUT2D eigenvalue weighted by Gasteiger charge is 2.17. The van der Waals surface area contributed by atoms with Crippen LogP contribution in [0.15, 0.2) is 47.4 Å². The van der Waals surface area contributed by atoms with Gasteiger partial charge >= 0.3 is 5.97 Å². The quantitative estimate of drug-likeness (QED) is 0.765. The Bertz CT molecular complexity index is 844. The van der Waals surface area contributed by atoms with Gasteiger partial charge in [0.1, 0.15) is 5.75 Å². The normalized spacial score (nSPS) is 11.0. The summed E-state index contributed by atoms with van der Waals surface area (Å²) < 4.78 is 37.6. The second-order valence-corrected chi connectivity index (χ2v) is 7.09. The number of carbonyl (C=O) groups excluding carboxylic acids is 1. The number of benzene rings is 2. The molecule has 0 saturated heterocycles. The molecule has 0 saturated carbocycles. The molecule has 134 valence electrons. The van der Waals surface area contributed by atoms with E-state index in [9.17, 15) is 13.2 Å². The Labute approximate surface area is 147 Å². The first kappa shape index (κ1) is 18.8. The number of sulfonamides is 1. The second-order valence-electron chi connectivity index (χ2n) is 5.40. The van der Waals surface area contributed by atoms with Crippen molar-refractivity contribution in [1.29, 1.82) is 0 Å². The summed E-state index contributed by atoms with van der Waals surface area (Å²) in [6.07, 6.45) is 0.722. The average molecular weight is 363 g/mol. The van der Waals surface area contributed by atoms with E-state index in [0.29, 0.717) is 11.4 Å². The molecule has 0 amide bonds. The lowest BCUT2D eigenvalue weighted by atomic mass is 10.1. The summed E-state index contributed by atoms with van der Waals surface area (Å²) in [6, 6.07) is 11.5. The minimum absolute atomic E-state index is 0.114. The first-order valence-electron chi connectivity index (χ1n) is 7.78. The number of para-hydroxylation sites is 1. The van der Waals surface area contributed by atoms with Gasteiger partial charge in [-0.2, -0.15) is 0 Å².